The number of nitrogens with one attached hydrogen (secondary N) is 1. The molecule has 3 N–H and O–H groups in total. The van der Waals surface area contributed by atoms with Gasteiger partial charge in [0.05, 0.1) is 5.69 Å². The predicted molar refractivity (Wildman–Crippen MR) is 111 cm³/mol. The minimum Gasteiger partial charge on any atom is -0.388 e. The quantitative estimate of drug-likeness (QED) is 0.769. The first-order valence-electron chi connectivity index (χ1n) is 8.42. The van der Waals surface area contributed by atoms with Gasteiger partial charge in [-0.15, -0.1) is 0 Å². The largest absolute Gasteiger partial charge is 0.388 e. The summed E-state index contributed by atoms with van der Waals surface area (Å²) in [5.74, 6) is 1.26. The van der Waals surface area contributed by atoms with Crippen LogP contribution >= 0.6 is 15.9 Å². The van der Waals surface area contributed by atoms with Crippen LogP contribution in [0.3, 0.4) is 0 Å². The van der Waals surface area contributed by atoms with Crippen molar-refractivity contribution in [2.75, 3.05) is 18.4 Å². The average Bonchev–Trinajstić information content (AvgIpc) is 2.68. The molecule has 1 aliphatic rings. The van der Waals surface area contributed by atoms with Crippen LogP contribution in [0, 0.1) is 0 Å². The lowest BCUT2D eigenvalue weighted by atomic mass is 10.1. The highest BCUT2D eigenvalue weighted by Crippen LogP contribution is 2.30. The van der Waals surface area contributed by atoms with Crippen molar-refractivity contribution in [1.82, 2.24) is 4.90 Å². The van der Waals surface area contributed by atoms with Gasteiger partial charge in [0.2, 0.25) is 0 Å². The fourth-order valence-corrected chi connectivity index (χ4v) is 4.06. The molecule has 0 radical (unpaired) electrons. The zero-order valence-electron chi connectivity index (χ0n) is 14.7. The van der Waals surface area contributed by atoms with E-state index in [0.717, 1.165) is 34.6 Å². The molecule has 0 amide bonds. The highest BCUT2D eigenvalue weighted by atomic mass is 79.9. The van der Waals surface area contributed by atoms with Crippen LogP contribution in [0.4, 0.5) is 5.69 Å². The minimum atomic E-state index is -1.48. The summed E-state index contributed by atoms with van der Waals surface area (Å²) in [5, 5.41) is 3.45. The van der Waals surface area contributed by atoms with Crippen molar-refractivity contribution in [3.63, 3.8) is 0 Å². The van der Waals surface area contributed by atoms with Crippen molar-refractivity contribution in [1.29, 1.82) is 0 Å². The Morgan fingerprint density at radius 2 is 1.88 bits per heavy atom. The number of nitrogens with two attached hydrogens (primary N) is 1. The molecule has 26 heavy (non-hydrogen) atoms. The number of aliphatic imine (C=N–C) groups is 1. The number of nitrogens with zero attached hydrogens (tertiary/aromatic N) is 2. The third-order valence-corrected chi connectivity index (χ3v) is 5.93. The van der Waals surface area contributed by atoms with Crippen LogP contribution < -0.4 is 11.1 Å². The maximum Gasteiger partial charge on any atom is 0.165 e. The summed E-state index contributed by atoms with van der Waals surface area (Å²) in [7, 11) is -1.48. The lowest BCUT2D eigenvalue weighted by Crippen LogP contribution is -2.34. The Hall–Kier alpha value is -2.12. The van der Waals surface area contributed by atoms with E-state index in [1.54, 1.807) is 12.1 Å². The topological polar surface area (TPSA) is 70.7 Å². The fraction of sp³-hybridized carbons (Fsp3) is 0.211. The molecule has 2 aromatic carbocycles. The van der Waals surface area contributed by atoms with Gasteiger partial charge in [-0.3, -0.25) is 0 Å². The van der Waals surface area contributed by atoms with Gasteiger partial charge in [-0.05, 0) is 44.2 Å². The SMILES string of the molecule is CCN(CC)C1=N/C(=C(/N)S(=O)c2ccccc2)Nc2ccc(Br)cc21. The molecular weight excluding hydrogens is 412 g/mol. The van der Waals surface area contributed by atoms with Crippen molar-refractivity contribution >= 4 is 38.3 Å². The molecule has 0 saturated heterocycles. The maximum absolute atomic E-state index is 12.8. The van der Waals surface area contributed by atoms with Gasteiger partial charge in [0.25, 0.3) is 0 Å². The van der Waals surface area contributed by atoms with Crippen LogP contribution in [-0.4, -0.2) is 28.0 Å². The monoisotopic (exact) mass is 432 g/mol. The summed E-state index contributed by atoms with van der Waals surface area (Å²) in [4.78, 5) is 7.54. The Bertz CT molecular complexity index is 892. The molecule has 1 unspecified atom stereocenters. The molecule has 5 nitrogen and oxygen atoms in total. The minimum absolute atomic E-state index is 0.217. The van der Waals surface area contributed by atoms with Gasteiger partial charge in [0, 0.05) is 28.0 Å². The van der Waals surface area contributed by atoms with Crippen LogP contribution in [0.1, 0.15) is 19.4 Å². The normalized spacial score (nSPS) is 16.2. The van der Waals surface area contributed by atoms with Crippen molar-refractivity contribution in [3.05, 3.63) is 69.4 Å². The van der Waals surface area contributed by atoms with E-state index in [2.05, 4.69) is 40.0 Å². The van der Waals surface area contributed by atoms with E-state index in [0.29, 0.717) is 10.7 Å². The average molecular weight is 433 g/mol. The number of benzene rings is 2. The zero-order chi connectivity index (χ0) is 18.7. The first-order chi connectivity index (χ1) is 12.5. The predicted octanol–water partition coefficient (Wildman–Crippen LogP) is 3.86. The van der Waals surface area contributed by atoms with Crippen molar-refractivity contribution in [2.45, 2.75) is 18.7 Å². The molecule has 0 aliphatic carbocycles. The van der Waals surface area contributed by atoms with Gasteiger partial charge in [-0.1, -0.05) is 34.1 Å². The van der Waals surface area contributed by atoms with E-state index in [4.69, 9.17) is 10.7 Å². The molecule has 2 aromatic rings. The van der Waals surface area contributed by atoms with Gasteiger partial charge < -0.3 is 16.0 Å². The molecule has 3 rings (SSSR count). The van der Waals surface area contributed by atoms with E-state index >= 15 is 0 Å². The number of anilines is 1. The molecule has 7 heteroatoms. The molecule has 1 atom stereocenters. The van der Waals surface area contributed by atoms with E-state index in [-0.39, 0.29) is 5.03 Å². The number of halogens is 1. The molecule has 0 aromatic heterocycles. The number of rotatable bonds is 4. The fourth-order valence-electron chi connectivity index (χ4n) is 2.77. The van der Waals surface area contributed by atoms with Gasteiger partial charge in [-0.2, -0.15) is 0 Å². The van der Waals surface area contributed by atoms with Gasteiger partial charge >= 0.3 is 0 Å². The first kappa shape index (κ1) is 18.7. The summed E-state index contributed by atoms with van der Waals surface area (Å²) in [6.45, 7) is 5.80. The van der Waals surface area contributed by atoms with Crippen LogP contribution in [0.15, 0.2) is 73.7 Å². The number of hydrogen-bond acceptors (Lipinski definition) is 5. The smallest absolute Gasteiger partial charge is 0.165 e. The molecule has 0 spiro atoms. The van der Waals surface area contributed by atoms with E-state index in [1.165, 1.54) is 0 Å². The van der Waals surface area contributed by atoms with Gasteiger partial charge in [0.15, 0.2) is 5.82 Å². The summed E-state index contributed by atoms with van der Waals surface area (Å²) < 4.78 is 13.8. The molecule has 0 saturated carbocycles. The zero-order valence-corrected chi connectivity index (χ0v) is 17.1. The van der Waals surface area contributed by atoms with Crippen molar-refractivity contribution in [3.8, 4) is 0 Å². The molecular formula is C19H21BrN4OS. The third kappa shape index (κ3) is 3.68. The van der Waals surface area contributed by atoms with E-state index in [9.17, 15) is 4.21 Å². The molecule has 1 aliphatic heterocycles. The Morgan fingerprint density at radius 1 is 1.19 bits per heavy atom. The second kappa shape index (κ2) is 8.05. The van der Waals surface area contributed by atoms with E-state index in [1.807, 2.05) is 36.4 Å². The lowest BCUT2D eigenvalue weighted by molar-refractivity contribution is 0.465. The lowest BCUT2D eigenvalue weighted by Gasteiger charge is -2.29. The van der Waals surface area contributed by atoms with Crippen LogP contribution in [0.25, 0.3) is 0 Å². The Balaban J connectivity index is 2.10. The van der Waals surface area contributed by atoms with Crippen LogP contribution in [-0.2, 0) is 10.8 Å². The standard InChI is InChI=1S/C19H21BrN4OS/c1-3-24(4-2)19-15-12-13(20)10-11-16(15)22-18(23-19)17(21)26(25)14-8-6-5-7-9-14/h5-12,22H,3-4,21H2,1-2H3/b18-17-. The number of hydrogen-bond donors (Lipinski definition) is 2. The first-order valence-corrected chi connectivity index (χ1v) is 10.4. The molecule has 1 heterocycles. The Kier molecular flexibility index (Phi) is 5.78. The second-order valence-corrected chi connectivity index (χ2v) is 8.08. The van der Waals surface area contributed by atoms with Gasteiger partial charge in [-0.25, -0.2) is 9.20 Å². The number of fused-ring (bicyclic) bond motifs is 1. The van der Waals surface area contributed by atoms with Crippen molar-refractivity contribution < 1.29 is 4.21 Å². The molecule has 136 valence electrons. The van der Waals surface area contributed by atoms with Crippen LogP contribution in [0.2, 0.25) is 0 Å². The summed E-state index contributed by atoms with van der Waals surface area (Å²) >= 11 is 3.52. The Morgan fingerprint density at radius 3 is 2.54 bits per heavy atom. The molecule has 0 bridgehead atoms. The molecule has 0 fully saturated rings. The second-order valence-electron chi connectivity index (χ2n) is 5.72. The van der Waals surface area contributed by atoms with E-state index < -0.39 is 10.8 Å². The summed E-state index contributed by atoms with van der Waals surface area (Å²) in [5.41, 5.74) is 8.13. The van der Waals surface area contributed by atoms with Crippen LogP contribution in [0.5, 0.6) is 0 Å². The maximum atomic E-state index is 12.8. The van der Waals surface area contributed by atoms with Crippen molar-refractivity contribution in [2.24, 2.45) is 10.7 Å². The highest BCUT2D eigenvalue weighted by molar-refractivity contribution is 9.10. The third-order valence-electron chi connectivity index (χ3n) is 4.15. The number of amidine groups is 1. The summed E-state index contributed by atoms with van der Waals surface area (Å²) in [6.07, 6.45) is 0. The summed E-state index contributed by atoms with van der Waals surface area (Å²) in [6, 6.07) is 15.1. The van der Waals surface area contributed by atoms with Gasteiger partial charge in [0.1, 0.15) is 21.7 Å². The highest BCUT2D eigenvalue weighted by Gasteiger charge is 2.24. The Labute approximate surface area is 164 Å².